The van der Waals surface area contributed by atoms with Crippen molar-refractivity contribution in [3.05, 3.63) is 26.4 Å². The lowest BCUT2D eigenvalue weighted by atomic mass is 10.1. The number of H-pyrrole nitrogens is 1. The van der Waals surface area contributed by atoms with Crippen molar-refractivity contribution < 1.29 is 14.4 Å². The number of rotatable bonds is 5. The van der Waals surface area contributed by atoms with E-state index in [1.807, 2.05) is 20.8 Å². The molecule has 0 radical (unpaired) electrons. The summed E-state index contributed by atoms with van der Waals surface area (Å²) in [5, 5.41) is 0. The van der Waals surface area contributed by atoms with Gasteiger partial charge in [-0.15, -0.1) is 0 Å². The van der Waals surface area contributed by atoms with Crippen LogP contribution < -0.4 is 21.9 Å². The first kappa shape index (κ1) is 17.4. The average Bonchev–Trinajstić information content (AvgIpc) is 2.41. The number of carbonyl (C=O) groups is 1. The molecule has 0 spiro atoms. The number of nitrogen functional groups attached to an aromatic ring is 1. The molecule has 0 aromatic carbocycles. The molecule has 1 aromatic rings. The number of quaternary nitrogens is 1. The predicted octanol–water partition coefficient (Wildman–Crippen LogP) is -1.60. The lowest BCUT2D eigenvalue weighted by Gasteiger charge is -2.31. The first-order valence-electron chi connectivity index (χ1n) is 7.98. The normalized spacial score (nSPS) is 24.6. The van der Waals surface area contributed by atoms with Crippen LogP contribution in [0.5, 0.6) is 0 Å². The first-order valence-corrected chi connectivity index (χ1v) is 7.98. The van der Waals surface area contributed by atoms with Crippen LogP contribution in [0.4, 0.5) is 5.82 Å². The second-order valence-corrected chi connectivity index (χ2v) is 6.19. The number of anilines is 1. The zero-order valence-electron chi connectivity index (χ0n) is 13.8. The van der Waals surface area contributed by atoms with Crippen molar-refractivity contribution in [2.75, 3.05) is 25.4 Å². The molecule has 4 N–H and O–H groups in total. The van der Waals surface area contributed by atoms with Crippen LogP contribution in [0.1, 0.15) is 37.6 Å². The van der Waals surface area contributed by atoms with Crippen molar-refractivity contribution in [1.29, 1.82) is 0 Å². The molecule has 0 unspecified atom stereocenters. The average molecular weight is 325 g/mol. The van der Waals surface area contributed by atoms with Gasteiger partial charge < -0.3 is 15.4 Å². The van der Waals surface area contributed by atoms with Gasteiger partial charge in [-0.3, -0.25) is 19.1 Å². The van der Waals surface area contributed by atoms with E-state index in [0.717, 1.165) is 4.90 Å². The number of ketones is 1. The minimum absolute atomic E-state index is 0.0423. The van der Waals surface area contributed by atoms with Crippen molar-refractivity contribution >= 4 is 11.6 Å². The predicted molar refractivity (Wildman–Crippen MR) is 85.9 cm³/mol. The second kappa shape index (κ2) is 7.10. The number of nitrogens with one attached hydrogen (secondary N) is 2. The molecule has 0 amide bonds. The van der Waals surface area contributed by atoms with Gasteiger partial charge in [0, 0.05) is 6.54 Å². The van der Waals surface area contributed by atoms with Crippen molar-refractivity contribution in [3.8, 4) is 0 Å². The van der Waals surface area contributed by atoms with E-state index >= 15 is 0 Å². The molecule has 8 nitrogen and oxygen atoms in total. The Hall–Kier alpha value is -1.93. The summed E-state index contributed by atoms with van der Waals surface area (Å²) in [6.45, 7) is 7.73. The third-order valence-electron chi connectivity index (χ3n) is 3.99. The molecule has 2 atom stereocenters. The zero-order chi connectivity index (χ0) is 17.1. The summed E-state index contributed by atoms with van der Waals surface area (Å²) in [6, 6.07) is 0. The third kappa shape index (κ3) is 3.89. The van der Waals surface area contributed by atoms with Crippen LogP contribution in [-0.4, -0.2) is 47.2 Å². The Bertz CT molecular complexity index is 684. The number of hydrogen-bond donors (Lipinski definition) is 3. The lowest BCUT2D eigenvalue weighted by molar-refractivity contribution is -0.906. The fraction of sp³-hybridized carbons (Fsp3) is 0.667. The second-order valence-electron chi connectivity index (χ2n) is 6.19. The largest absolute Gasteiger partial charge is 0.384 e. The molecular weight excluding hydrogens is 300 g/mol. The number of morpholine rings is 1. The van der Waals surface area contributed by atoms with E-state index in [4.69, 9.17) is 10.5 Å². The Kier molecular flexibility index (Phi) is 5.38. The van der Waals surface area contributed by atoms with Crippen LogP contribution in [0.3, 0.4) is 0 Å². The van der Waals surface area contributed by atoms with Gasteiger partial charge in [0.05, 0.1) is 0 Å². The molecule has 2 rings (SSSR count). The lowest BCUT2D eigenvalue weighted by Crippen LogP contribution is -3.16. The number of nitrogens with zero attached hydrogens (tertiary/aromatic N) is 1. The molecule has 128 valence electrons. The number of nitrogens with two attached hydrogens (primary N) is 1. The van der Waals surface area contributed by atoms with Gasteiger partial charge in [-0.05, 0) is 20.3 Å². The Morgan fingerprint density at radius 3 is 2.52 bits per heavy atom. The van der Waals surface area contributed by atoms with Gasteiger partial charge >= 0.3 is 5.69 Å². The number of aromatic amines is 1. The molecule has 0 bridgehead atoms. The van der Waals surface area contributed by atoms with Gasteiger partial charge in [0.2, 0.25) is 5.78 Å². The maximum atomic E-state index is 12.6. The number of Topliss-reactive ketones (excluding diaryl/α,β-unsaturated/α-hetero) is 1. The zero-order valence-corrected chi connectivity index (χ0v) is 13.8. The Labute approximate surface area is 134 Å². The molecule has 1 saturated heterocycles. The quantitative estimate of drug-likeness (QED) is 0.565. The Morgan fingerprint density at radius 1 is 1.35 bits per heavy atom. The highest BCUT2D eigenvalue weighted by molar-refractivity contribution is 6.00. The van der Waals surface area contributed by atoms with Crippen LogP contribution in [0.25, 0.3) is 0 Å². The van der Waals surface area contributed by atoms with Crippen LogP contribution in [0, 0.1) is 0 Å². The molecule has 0 saturated carbocycles. The molecule has 23 heavy (non-hydrogen) atoms. The summed E-state index contributed by atoms with van der Waals surface area (Å²) in [5.74, 6) is -0.385. The summed E-state index contributed by atoms with van der Waals surface area (Å²) >= 11 is 0. The number of aromatic nitrogens is 2. The van der Waals surface area contributed by atoms with Crippen LogP contribution >= 0.6 is 0 Å². The standard InChI is InChI=1S/C15H24N4O4/c1-4-5-19-13(16)12(14(21)17-15(19)22)11(20)8-18-6-9(2)23-10(3)7-18/h9-10H,4-8,16H2,1-3H3,(H,17,21,22)/p+1/t9-,10-/m1/s1. The Morgan fingerprint density at radius 2 is 1.96 bits per heavy atom. The topological polar surface area (TPSA) is 112 Å². The van der Waals surface area contributed by atoms with Crippen molar-refractivity contribution in [2.45, 2.75) is 45.9 Å². The molecule has 0 aliphatic carbocycles. The van der Waals surface area contributed by atoms with Crippen molar-refractivity contribution in [3.63, 3.8) is 0 Å². The minimum Gasteiger partial charge on any atom is -0.384 e. The van der Waals surface area contributed by atoms with E-state index in [2.05, 4.69) is 4.98 Å². The smallest absolute Gasteiger partial charge is 0.329 e. The van der Waals surface area contributed by atoms with E-state index in [9.17, 15) is 14.4 Å². The molecule has 1 aliphatic rings. The fourth-order valence-corrected chi connectivity index (χ4v) is 3.15. The summed E-state index contributed by atoms with van der Waals surface area (Å²) in [4.78, 5) is 39.6. The summed E-state index contributed by atoms with van der Waals surface area (Å²) in [5.41, 5.74) is 4.52. The van der Waals surface area contributed by atoms with E-state index in [1.54, 1.807) is 0 Å². The molecule has 1 fully saturated rings. The van der Waals surface area contributed by atoms with E-state index in [1.165, 1.54) is 4.57 Å². The molecule has 8 heteroatoms. The van der Waals surface area contributed by atoms with Crippen molar-refractivity contribution in [2.24, 2.45) is 0 Å². The highest BCUT2D eigenvalue weighted by Gasteiger charge is 2.29. The SMILES string of the molecule is CCCn1c(N)c(C(=O)C[NH+]2C[C@@H](C)O[C@H](C)C2)c(=O)[nH]c1=O. The summed E-state index contributed by atoms with van der Waals surface area (Å²) in [6.07, 6.45) is 0.797. The van der Waals surface area contributed by atoms with Gasteiger partial charge in [0.15, 0.2) is 0 Å². The van der Waals surface area contributed by atoms with Gasteiger partial charge in [-0.1, -0.05) is 6.92 Å². The maximum Gasteiger partial charge on any atom is 0.329 e. The van der Waals surface area contributed by atoms with Crippen LogP contribution in [0.2, 0.25) is 0 Å². The highest BCUT2D eigenvalue weighted by atomic mass is 16.5. The van der Waals surface area contributed by atoms with Crippen molar-refractivity contribution in [1.82, 2.24) is 9.55 Å². The van der Waals surface area contributed by atoms with E-state index in [-0.39, 0.29) is 35.9 Å². The van der Waals surface area contributed by atoms with Gasteiger partial charge in [-0.25, -0.2) is 4.79 Å². The molecular formula is C15H25N4O4+. The molecule has 2 heterocycles. The van der Waals surface area contributed by atoms with Crippen LogP contribution in [0.15, 0.2) is 9.59 Å². The number of ether oxygens (including phenoxy) is 1. The fourth-order valence-electron chi connectivity index (χ4n) is 3.15. The number of hydrogen-bond acceptors (Lipinski definition) is 5. The maximum absolute atomic E-state index is 12.6. The number of carbonyl (C=O) groups excluding carboxylic acids is 1. The monoisotopic (exact) mass is 325 g/mol. The van der Waals surface area contributed by atoms with E-state index in [0.29, 0.717) is 26.1 Å². The summed E-state index contributed by atoms with van der Waals surface area (Å²) in [7, 11) is 0. The molecule has 1 aliphatic heterocycles. The van der Waals surface area contributed by atoms with E-state index < -0.39 is 11.2 Å². The highest BCUT2D eigenvalue weighted by Crippen LogP contribution is 2.05. The minimum atomic E-state index is -0.710. The first-order chi connectivity index (χ1) is 10.8. The van der Waals surface area contributed by atoms with Gasteiger partial charge in [0.1, 0.15) is 43.2 Å². The third-order valence-corrected chi connectivity index (χ3v) is 3.99. The van der Waals surface area contributed by atoms with Gasteiger partial charge in [-0.2, -0.15) is 0 Å². The summed E-state index contributed by atoms with van der Waals surface area (Å²) < 4.78 is 6.89. The molecule has 1 aromatic heterocycles. The Balaban J connectivity index is 2.27. The van der Waals surface area contributed by atoms with Crippen LogP contribution in [-0.2, 0) is 11.3 Å². The van der Waals surface area contributed by atoms with Gasteiger partial charge in [0.25, 0.3) is 5.56 Å².